The number of benzene rings is 1. The first-order valence-corrected chi connectivity index (χ1v) is 4.26. The van der Waals surface area contributed by atoms with Gasteiger partial charge < -0.3 is 15.6 Å². The smallest absolute Gasteiger partial charge is 0.176 e. The third-order valence-electron chi connectivity index (χ3n) is 1.80. The van der Waals surface area contributed by atoms with Gasteiger partial charge in [-0.15, -0.1) is 12.4 Å². The maximum absolute atomic E-state index is 9.41. The zero-order valence-electron chi connectivity index (χ0n) is 7.95. The average Bonchev–Trinajstić information content (AvgIpc) is 2.09. The van der Waals surface area contributed by atoms with E-state index in [1.807, 2.05) is 6.92 Å². The number of methoxy groups -OCH3 is 1. The molecule has 3 N–H and O–H groups in total. The Balaban J connectivity index is 0.00000169. The molecular weight excluding hydrogens is 225 g/mol. The van der Waals surface area contributed by atoms with Crippen LogP contribution >= 0.6 is 24.0 Å². The fraction of sp³-hybridized carbons (Fsp3) is 0.333. The monoisotopic (exact) mass is 237 g/mol. The highest BCUT2D eigenvalue weighted by atomic mass is 35.5. The molecule has 0 aromatic heterocycles. The molecule has 1 aromatic carbocycles. The number of phenolic OH excluding ortho intramolecular Hbond substituents is 1. The summed E-state index contributed by atoms with van der Waals surface area (Å²) >= 11 is 5.76. The lowest BCUT2D eigenvalue weighted by Gasteiger charge is -2.10. The van der Waals surface area contributed by atoms with Gasteiger partial charge in [-0.05, 0) is 24.6 Å². The van der Waals surface area contributed by atoms with Crippen molar-refractivity contribution >= 4 is 24.0 Å². The molecule has 0 spiro atoms. The molecule has 0 bridgehead atoms. The average molecular weight is 238 g/mol. The standard InChI is InChI=1S/C9H12ClNO2.ClH/c1-5(11)6-3-7(10)9(12)8(4-6)13-2;/h3-5,12H,11H2,1-2H3;1H/t5-;/m0./s1. The van der Waals surface area contributed by atoms with Gasteiger partial charge in [0, 0.05) is 6.04 Å². The molecule has 0 saturated carbocycles. The lowest BCUT2D eigenvalue weighted by atomic mass is 10.1. The van der Waals surface area contributed by atoms with E-state index in [0.29, 0.717) is 5.75 Å². The lowest BCUT2D eigenvalue weighted by Crippen LogP contribution is -2.05. The number of hydrogen-bond acceptors (Lipinski definition) is 3. The van der Waals surface area contributed by atoms with E-state index in [0.717, 1.165) is 5.56 Å². The van der Waals surface area contributed by atoms with Crippen LogP contribution in [0.2, 0.25) is 5.02 Å². The number of nitrogens with two attached hydrogens (primary N) is 1. The molecule has 5 heteroatoms. The van der Waals surface area contributed by atoms with Gasteiger partial charge >= 0.3 is 0 Å². The normalized spacial score (nSPS) is 11.7. The van der Waals surface area contributed by atoms with E-state index in [1.165, 1.54) is 7.11 Å². The molecule has 0 aliphatic heterocycles. The molecule has 1 rings (SSSR count). The summed E-state index contributed by atoms with van der Waals surface area (Å²) < 4.78 is 4.93. The summed E-state index contributed by atoms with van der Waals surface area (Å²) in [4.78, 5) is 0. The zero-order chi connectivity index (χ0) is 10.0. The van der Waals surface area contributed by atoms with Crippen LogP contribution < -0.4 is 10.5 Å². The number of halogens is 2. The van der Waals surface area contributed by atoms with Gasteiger partial charge in [0.1, 0.15) is 0 Å². The van der Waals surface area contributed by atoms with Gasteiger partial charge in [-0.2, -0.15) is 0 Å². The highest BCUT2D eigenvalue weighted by molar-refractivity contribution is 6.32. The van der Waals surface area contributed by atoms with Gasteiger partial charge in [0.15, 0.2) is 11.5 Å². The van der Waals surface area contributed by atoms with Crippen molar-refractivity contribution in [2.45, 2.75) is 13.0 Å². The third-order valence-corrected chi connectivity index (χ3v) is 2.08. The summed E-state index contributed by atoms with van der Waals surface area (Å²) in [6.45, 7) is 1.84. The molecule has 0 aliphatic rings. The summed E-state index contributed by atoms with van der Waals surface area (Å²) in [6.07, 6.45) is 0. The third kappa shape index (κ3) is 2.67. The number of ether oxygens (including phenoxy) is 1. The van der Waals surface area contributed by atoms with Gasteiger partial charge in [0.2, 0.25) is 0 Å². The molecule has 0 unspecified atom stereocenters. The topological polar surface area (TPSA) is 55.5 Å². The Morgan fingerprint density at radius 3 is 2.50 bits per heavy atom. The van der Waals surface area contributed by atoms with Crippen molar-refractivity contribution < 1.29 is 9.84 Å². The van der Waals surface area contributed by atoms with E-state index in [4.69, 9.17) is 22.1 Å². The van der Waals surface area contributed by atoms with E-state index in [2.05, 4.69) is 0 Å². The molecule has 80 valence electrons. The fourth-order valence-electron chi connectivity index (χ4n) is 1.01. The number of rotatable bonds is 2. The summed E-state index contributed by atoms with van der Waals surface area (Å²) in [6, 6.07) is 3.17. The van der Waals surface area contributed by atoms with E-state index in [-0.39, 0.29) is 29.2 Å². The summed E-state index contributed by atoms with van der Waals surface area (Å²) in [5.74, 6) is 0.299. The van der Waals surface area contributed by atoms with Crippen molar-refractivity contribution in [2.75, 3.05) is 7.11 Å². The van der Waals surface area contributed by atoms with Crippen LogP contribution in [0.3, 0.4) is 0 Å². The van der Waals surface area contributed by atoms with Crippen LogP contribution in [0.5, 0.6) is 11.5 Å². The second-order valence-electron chi connectivity index (χ2n) is 2.84. The highest BCUT2D eigenvalue weighted by Crippen LogP contribution is 2.36. The number of phenols is 1. The SMILES string of the molecule is COc1cc([C@H](C)N)cc(Cl)c1O.Cl. The van der Waals surface area contributed by atoms with Gasteiger partial charge in [-0.1, -0.05) is 11.6 Å². The molecule has 1 aromatic rings. The molecule has 0 saturated heterocycles. The van der Waals surface area contributed by atoms with E-state index in [9.17, 15) is 5.11 Å². The van der Waals surface area contributed by atoms with E-state index < -0.39 is 0 Å². The molecular formula is C9H13Cl2NO2. The van der Waals surface area contributed by atoms with Crippen molar-refractivity contribution in [1.82, 2.24) is 0 Å². The molecule has 14 heavy (non-hydrogen) atoms. The fourth-order valence-corrected chi connectivity index (χ4v) is 1.23. The maximum Gasteiger partial charge on any atom is 0.176 e. The van der Waals surface area contributed by atoms with Crippen molar-refractivity contribution in [2.24, 2.45) is 5.73 Å². The Morgan fingerprint density at radius 2 is 2.07 bits per heavy atom. The molecule has 3 nitrogen and oxygen atoms in total. The van der Waals surface area contributed by atoms with Crippen molar-refractivity contribution in [3.05, 3.63) is 22.7 Å². The second-order valence-corrected chi connectivity index (χ2v) is 3.25. The quantitative estimate of drug-likeness (QED) is 0.832. The summed E-state index contributed by atoms with van der Waals surface area (Å²) in [5, 5.41) is 9.66. The summed E-state index contributed by atoms with van der Waals surface area (Å²) in [7, 11) is 1.47. The maximum atomic E-state index is 9.41. The molecule has 0 heterocycles. The van der Waals surface area contributed by atoms with Crippen molar-refractivity contribution in [3.8, 4) is 11.5 Å². The second kappa shape index (κ2) is 5.29. The Hall–Kier alpha value is -0.640. The van der Waals surface area contributed by atoms with Gasteiger partial charge in [-0.25, -0.2) is 0 Å². The lowest BCUT2D eigenvalue weighted by molar-refractivity contribution is 0.373. The number of aromatic hydroxyl groups is 1. The van der Waals surface area contributed by atoms with Crippen LogP contribution in [0.15, 0.2) is 12.1 Å². The molecule has 0 fully saturated rings. The van der Waals surface area contributed by atoms with E-state index >= 15 is 0 Å². The van der Waals surface area contributed by atoms with Crippen LogP contribution in [0.1, 0.15) is 18.5 Å². The molecule has 0 aliphatic carbocycles. The number of hydrogen-bond donors (Lipinski definition) is 2. The first kappa shape index (κ1) is 13.4. The van der Waals surface area contributed by atoms with Crippen LogP contribution in [0, 0.1) is 0 Å². The van der Waals surface area contributed by atoms with Gasteiger partial charge in [0.05, 0.1) is 12.1 Å². The van der Waals surface area contributed by atoms with Crippen molar-refractivity contribution in [3.63, 3.8) is 0 Å². The minimum Gasteiger partial charge on any atom is -0.503 e. The molecule has 0 radical (unpaired) electrons. The molecule has 0 amide bonds. The Kier molecular flexibility index (Phi) is 5.05. The Morgan fingerprint density at radius 1 is 1.50 bits per heavy atom. The Bertz CT molecular complexity index is 316. The largest absolute Gasteiger partial charge is 0.503 e. The van der Waals surface area contributed by atoms with Gasteiger partial charge in [-0.3, -0.25) is 0 Å². The minimum absolute atomic E-state index is 0. The van der Waals surface area contributed by atoms with Crippen LogP contribution in [-0.4, -0.2) is 12.2 Å². The first-order valence-electron chi connectivity index (χ1n) is 3.88. The predicted molar refractivity (Wildman–Crippen MR) is 59.5 cm³/mol. The summed E-state index contributed by atoms with van der Waals surface area (Å²) in [5.41, 5.74) is 6.49. The van der Waals surface area contributed by atoms with Gasteiger partial charge in [0.25, 0.3) is 0 Å². The van der Waals surface area contributed by atoms with E-state index in [1.54, 1.807) is 12.1 Å². The van der Waals surface area contributed by atoms with Crippen LogP contribution in [0.4, 0.5) is 0 Å². The predicted octanol–water partition coefficient (Wildman–Crippen LogP) is 2.50. The first-order chi connectivity index (χ1) is 6.06. The highest BCUT2D eigenvalue weighted by Gasteiger charge is 2.10. The molecule has 1 atom stereocenters. The Labute approximate surface area is 94.2 Å². The van der Waals surface area contributed by atoms with Crippen molar-refractivity contribution in [1.29, 1.82) is 0 Å². The minimum atomic E-state index is -0.132. The zero-order valence-corrected chi connectivity index (χ0v) is 9.52. The van der Waals surface area contributed by atoms with Crippen LogP contribution in [0.25, 0.3) is 0 Å². The van der Waals surface area contributed by atoms with Crippen LogP contribution in [-0.2, 0) is 0 Å².